The minimum Gasteiger partial charge on any atom is -0.493 e. The Bertz CT molecular complexity index is 1120. The van der Waals surface area contributed by atoms with E-state index >= 15 is 0 Å². The topological polar surface area (TPSA) is 73.9 Å². The summed E-state index contributed by atoms with van der Waals surface area (Å²) in [6, 6.07) is 12.4. The lowest BCUT2D eigenvalue weighted by Crippen LogP contribution is -2.11. The zero-order valence-corrected chi connectivity index (χ0v) is 18.7. The van der Waals surface area contributed by atoms with E-state index in [2.05, 4.69) is 5.32 Å². The number of nitrogens with one attached hydrogen (secondary N) is 1. The van der Waals surface area contributed by atoms with Gasteiger partial charge in [0.15, 0.2) is 11.5 Å². The SMILES string of the molecule is COC(=O)c1c(-c2ccc(Cl)cc2)csc1NC(=O)C=Cc1ccc(OC)c(OC)c1. The van der Waals surface area contributed by atoms with Crippen molar-refractivity contribution in [1.82, 2.24) is 0 Å². The molecular formula is C23H20ClNO5S. The number of benzene rings is 2. The first-order valence-electron chi connectivity index (χ1n) is 9.13. The summed E-state index contributed by atoms with van der Waals surface area (Å²) in [6.45, 7) is 0. The molecule has 0 fully saturated rings. The molecule has 0 radical (unpaired) electrons. The standard InChI is InChI=1S/C23H20ClNO5S/c1-28-18-10-4-14(12-19(18)29-2)5-11-20(26)25-22-21(23(27)30-3)17(13-31-22)15-6-8-16(24)9-7-15/h4-13H,1-3H3,(H,25,26). The monoisotopic (exact) mass is 457 g/mol. The zero-order chi connectivity index (χ0) is 22.4. The van der Waals surface area contributed by atoms with Gasteiger partial charge in [-0.1, -0.05) is 29.8 Å². The van der Waals surface area contributed by atoms with Crippen LogP contribution in [0.2, 0.25) is 5.02 Å². The molecule has 0 unspecified atom stereocenters. The van der Waals surface area contributed by atoms with Crippen molar-refractivity contribution in [2.24, 2.45) is 0 Å². The van der Waals surface area contributed by atoms with Crippen molar-refractivity contribution in [2.75, 3.05) is 26.6 Å². The van der Waals surface area contributed by atoms with Crippen molar-refractivity contribution in [3.05, 3.63) is 70.1 Å². The summed E-state index contributed by atoms with van der Waals surface area (Å²) in [5.74, 6) is 0.235. The molecule has 2 aromatic carbocycles. The molecule has 160 valence electrons. The Kier molecular flexibility index (Phi) is 7.33. The molecule has 1 heterocycles. The van der Waals surface area contributed by atoms with Gasteiger partial charge in [0.25, 0.3) is 0 Å². The van der Waals surface area contributed by atoms with Gasteiger partial charge in [-0.2, -0.15) is 0 Å². The minimum atomic E-state index is -0.537. The van der Waals surface area contributed by atoms with Gasteiger partial charge in [-0.15, -0.1) is 11.3 Å². The Morgan fingerprint density at radius 1 is 1.00 bits per heavy atom. The molecule has 0 bridgehead atoms. The molecule has 0 atom stereocenters. The molecule has 3 rings (SSSR count). The third kappa shape index (κ3) is 5.25. The number of ether oxygens (including phenoxy) is 3. The van der Waals surface area contributed by atoms with Crippen LogP contribution in [0.15, 0.2) is 53.9 Å². The van der Waals surface area contributed by atoms with Crippen LogP contribution in [0.25, 0.3) is 17.2 Å². The van der Waals surface area contributed by atoms with E-state index in [0.717, 1.165) is 11.1 Å². The predicted molar refractivity (Wildman–Crippen MR) is 123 cm³/mol. The molecule has 1 amide bonds. The summed E-state index contributed by atoms with van der Waals surface area (Å²) in [4.78, 5) is 24.9. The summed E-state index contributed by atoms with van der Waals surface area (Å²) < 4.78 is 15.4. The highest BCUT2D eigenvalue weighted by molar-refractivity contribution is 7.15. The van der Waals surface area contributed by atoms with Crippen molar-refractivity contribution >= 4 is 45.9 Å². The first kappa shape index (κ1) is 22.4. The molecule has 0 aliphatic heterocycles. The predicted octanol–water partition coefficient (Wildman–Crippen LogP) is 5.52. The minimum absolute atomic E-state index is 0.294. The van der Waals surface area contributed by atoms with Crippen molar-refractivity contribution in [3.8, 4) is 22.6 Å². The molecule has 0 saturated heterocycles. The Morgan fingerprint density at radius 3 is 2.35 bits per heavy atom. The number of amides is 1. The number of esters is 1. The number of rotatable bonds is 7. The quantitative estimate of drug-likeness (QED) is 0.373. The lowest BCUT2D eigenvalue weighted by molar-refractivity contribution is -0.111. The number of halogens is 1. The van der Waals surface area contributed by atoms with E-state index < -0.39 is 5.97 Å². The van der Waals surface area contributed by atoms with Crippen LogP contribution < -0.4 is 14.8 Å². The second-order valence-corrected chi connectivity index (χ2v) is 7.61. The molecular weight excluding hydrogens is 438 g/mol. The van der Waals surface area contributed by atoms with Gasteiger partial charge >= 0.3 is 5.97 Å². The van der Waals surface area contributed by atoms with Gasteiger partial charge in [0.05, 0.1) is 21.3 Å². The normalized spacial score (nSPS) is 10.7. The van der Waals surface area contributed by atoms with Crippen LogP contribution in [0.3, 0.4) is 0 Å². The van der Waals surface area contributed by atoms with Crippen LogP contribution in [0.5, 0.6) is 11.5 Å². The number of anilines is 1. The molecule has 1 N–H and O–H groups in total. The Balaban J connectivity index is 1.83. The molecule has 1 aromatic heterocycles. The highest BCUT2D eigenvalue weighted by Gasteiger charge is 2.22. The van der Waals surface area contributed by atoms with Crippen LogP contribution in [0.1, 0.15) is 15.9 Å². The van der Waals surface area contributed by atoms with Gasteiger partial charge in [-0.05, 0) is 41.5 Å². The average Bonchev–Trinajstić information content (AvgIpc) is 3.20. The lowest BCUT2D eigenvalue weighted by atomic mass is 10.0. The summed E-state index contributed by atoms with van der Waals surface area (Å²) in [5, 5.41) is 5.55. The van der Waals surface area contributed by atoms with Gasteiger partial charge in [0.2, 0.25) is 5.91 Å². The largest absolute Gasteiger partial charge is 0.493 e. The molecule has 6 nitrogen and oxygen atoms in total. The highest BCUT2D eigenvalue weighted by atomic mass is 35.5. The number of methoxy groups -OCH3 is 3. The van der Waals surface area contributed by atoms with Crippen LogP contribution in [-0.2, 0) is 9.53 Å². The smallest absolute Gasteiger partial charge is 0.341 e. The van der Waals surface area contributed by atoms with E-state index in [9.17, 15) is 9.59 Å². The molecule has 31 heavy (non-hydrogen) atoms. The molecule has 0 aliphatic rings. The van der Waals surface area contributed by atoms with Gasteiger partial charge in [-0.25, -0.2) is 4.79 Å². The highest BCUT2D eigenvalue weighted by Crippen LogP contribution is 2.36. The maximum atomic E-state index is 12.5. The summed E-state index contributed by atoms with van der Waals surface area (Å²) in [6.07, 6.45) is 3.02. The van der Waals surface area contributed by atoms with E-state index in [1.807, 2.05) is 0 Å². The van der Waals surface area contributed by atoms with Gasteiger partial charge in [0.1, 0.15) is 10.6 Å². The fourth-order valence-corrected chi connectivity index (χ4v) is 3.96. The van der Waals surface area contributed by atoms with Crippen molar-refractivity contribution in [2.45, 2.75) is 0 Å². The van der Waals surface area contributed by atoms with Crippen LogP contribution in [0.4, 0.5) is 5.00 Å². The summed E-state index contributed by atoms with van der Waals surface area (Å²) in [7, 11) is 4.40. The number of carbonyl (C=O) groups is 2. The molecule has 0 aliphatic carbocycles. The maximum Gasteiger partial charge on any atom is 0.341 e. The van der Waals surface area contributed by atoms with Crippen molar-refractivity contribution < 1.29 is 23.8 Å². The van der Waals surface area contributed by atoms with Crippen LogP contribution in [-0.4, -0.2) is 33.2 Å². The second-order valence-electron chi connectivity index (χ2n) is 6.29. The number of thiophene rings is 1. The van der Waals surface area contributed by atoms with Gasteiger partial charge in [-0.3, -0.25) is 4.79 Å². The van der Waals surface area contributed by atoms with E-state index in [4.69, 9.17) is 25.8 Å². The number of hydrogen-bond donors (Lipinski definition) is 1. The average molecular weight is 458 g/mol. The summed E-state index contributed by atoms with van der Waals surface area (Å²) in [5.41, 5.74) is 2.51. The van der Waals surface area contributed by atoms with E-state index in [1.165, 1.54) is 24.5 Å². The zero-order valence-electron chi connectivity index (χ0n) is 17.1. The Morgan fingerprint density at radius 2 is 1.71 bits per heavy atom. The number of carbonyl (C=O) groups excluding carboxylic acids is 2. The molecule has 0 spiro atoms. The Labute approximate surface area is 189 Å². The summed E-state index contributed by atoms with van der Waals surface area (Å²) >= 11 is 7.20. The van der Waals surface area contributed by atoms with E-state index in [1.54, 1.807) is 68.1 Å². The van der Waals surface area contributed by atoms with E-state index in [0.29, 0.717) is 32.6 Å². The van der Waals surface area contributed by atoms with Crippen molar-refractivity contribution in [3.63, 3.8) is 0 Å². The fraction of sp³-hybridized carbons (Fsp3) is 0.130. The second kappa shape index (κ2) is 10.1. The molecule has 3 aromatic rings. The van der Waals surface area contributed by atoms with Crippen LogP contribution in [0, 0.1) is 0 Å². The van der Waals surface area contributed by atoms with Gasteiger partial charge < -0.3 is 19.5 Å². The molecule has 0 saturated carbocycles. The Hall–Kier alpha value is -3.29. The third-order valence-corrected chi connectivity index (χ3v) is 5.55. The third-order valence-electron chi connectivity index (χ3n) is 4.41. The first-order chi connectivity index (χ1) is 15.0. The fourth-order valence-electron chi connectivity index (χ4n) is 2.88. The van der Waals surface area contributed by atoms with Crippen LogP contribution >= 0.6 is 22.9 Å². The molecule has 8 heteroatoms. The first-order valence-corrected chi connectivity index (χ1v) is 10.4. The van der Waals surface area contributed by atoms with E-state index in [-0.39, 0.29) is 5.91 Å². The lowest BCUT2D eigenvalue weighted by Gasteiger charge is -2.08. The van der Waals surface area contributed by atoms with Crippen molar-refractivity contribution in [1.29, 1.82) is 0 Å². The number of hydrogen-bond acceptors (Lipinski definition) is 6. The maximum absolute atomic E-state index is 12.5. The van der Waals surface area contributed by atoms with Gasteiger partial charge in [0, 0.05) is 22.0 Å².